The lowest BCUT2D eigenvalue weighted by Crippen LogP contribution is -2.61. The molecule has 0 aromatic carbocycles. The Balaban J connectivity index is 1.82. The number of carbonyl (C=O) groups excluding carboxylic acids is 1. The molecule has 0 bridgehead atoms. The minimum atomic E-state index is -1.70. The van der Waals surface area contributed by atoms with Crippen LogP contribution in [0.4, 0.5) is 0 Å². The highest BCUT2D eigenvalue weighted by molar-refractivity contribution is 5.69. The van der Waals surface area contributed by atoms with Crippen LogP contribution in [0, 0.1) is 0 Å². The zero-order valence-electron chi connectivity index (χ0n) is 35.3. The van der Waals surface area contributed by atoms with E-state index in [1.807, 2.05) is 0 Å². The van der Waals surface area contributed by atoms with Gasteiger partial charge in [0, 0.05) is 13.0 Å². The van der Waals surface area contributed by atoms with Gasteiger partial charge >= 0.3 is 5.97 Å². The molecule has 2 fully saturated rings. The number of aliphatic hydroxyl groups excluding tert-OH is 7. The smallest absolute Gasteiger partial charge is 0.306 e. The average molecular weight is 823 g/mol. The van der Waals surface area contributed by atoms with Crippen LogP contribution >= 0.6 is 0 Å². The summed E-state index contributed by atoms with van der Waals surface area (Å²) in [6, 6.07) is 0. The third kappa shape index (κ3) is 21.9. The lowest BCUT2D eigenvalue weighted by Gasteiger charge is -2.42. The van der Waals surface area contributed by atoms with Gasteiger partial charge in [-0.25, -0.2) is 0 Å². The number of hydrogen-bond acceptors (Lipinski definition) is 14. The topological polar surface area (TPSA) is 214 Å². The van der Waals surface area contributed by atoms with E-state index in [0.29, 0.717) is 13.0 Å². The Morgan fingerprint density at radius 1 is 0.509 bits per heavy atom. The molecule has 11 atom stereocenters. The highest BCUT2D eigenvalue weighted by Gasteiger charge is 2.47. The first kappa shape index (κ1) is 52.1. The number of aliphatic hydroxyl groups is 7. The maximum atomic E-state index is 12.9. The summed E-state index contributed by atoms with van der Waals surface area (Å²) < 4.78 is 34.1. The van der Waals surface area contributed by atoms with E-state index in [9.17, 15) is 40.5 Å². The van der Waals surface area contributed by atoms with E-state index >= 15 is 0 Å². The Bertz CT molecular complexity index is 959. The first-order valence-electron chi connectivity index (χ1n) is 22.6. The molecule has 0 amide bonds. The van der Waals surface area contributed by atoms with Gasteiger partial charge in [-0.05, 0) is 12.8 Å². The molecule has 0 aromatic rings. The highest BCUT2D eigenvalue weighted by Crippen LogP contribution is 2.26. The Morgan fingerprint density at radius 3 is 1.42 bits per heavy atom. The van der Waals surface area contributed by atoms with Gasteiger partial charge in [-0.3, -0.25) is 4.79 Å². The summed E-state index contributed by atoms with van der Waals surface area (Å²) in [5, 5.41) is 71.8. The van der Waals surface area contributed by atoms with Gasteiger partial charge in [0.05, 0.1) is 26.4 Å². The van der Waals surface area contributed by atoms with E-state index in [4.69, 9.17) is 28.4 Å². The zero-order chi connectivity index (χ0) is 41.7. The monoisotopic (exact) mass is 823 g/mol. The quantitative estimate of drug-likeness (QED) is 0.0333. The van der Waals surface area contributed by atoms with Gasteiger partial charge in [-0.1, -0.05) is 149 Å². The third-order valence-corrected chi connectivity index (χ3v) is 11.1. The molecule has 0 saturated carbocycles. The molecule has 0 aliphatic carbocycles. The number of esters is 1. The third-order valence-electron chi connectivity index (χ3n) is 11.1. The van der Waals surface area contributed by atoms with Gasteiger partial charge in [0.15, 0.2) is 12.6 Å². The molecule has 57 heavy (non-hydrogen) atoms. The molecule has 0 spiro atoms. The van der Waals surface area contributed by atoms with Gasteiger partial charge in [0.25, 0.3) is 0 Å². The summed E-state index contributed by atoms with van der Waals surface area (Å²) in [4.78, 5) is 12.9. The maximum absolute atomic E-state index is 12.9. The minimum Gasteiger partial charge on any atom is -0.457 e. The summed E-state index contributed by atoms with van der Waals surface area (Å²) >= 11 is 0. The van der Waals surface area contributed by atoms with Crippen LogP contribution in [0.3, 0.4) is 0 Å². The normalized spacial score (nSPS) is 28.4. The second kappa shape index (κ2) is 32.7. The number of rotatable bonds is 35. The van der Waals surface area contributed by atoms with E-state index in [2.05, 4.69) is 13.8 Å². The van der Waals surface area contributed by atoms with Crippen LogP contribution < -0.4 is 0 Å². The van der Waals surface area contributed by atoms with Crippen molar-refractivity contribution in [3.8, 4) is 0 Å². The predicted molar refractivity (Wildman–Crippen MR) is 215 cm³/mol. The standard InChI is InChI=1S/C43H82O14/c1-3-5-7-9-11-13-15-17-19-21-23-25-27-52-29-32(55-35(45)26-24-22-20-18-16-14-12-10-8-6-4-2)30-53-42-41(51)39(49)37(47)34(57-42)31-54-43-40(50)38(48)36(46)33(28-44)56-43/h32-34,36-44,46-51H,3-31H2,1-2H3. The number of ether oxygens (including phenoxy) is 6. The van der Waals surface area contributed by atoms with Crippen LogP contribution in [0.1, 0.15) is 168 Å². The largest absolute Gasteiger partial charge is 0.457 e. The fourth-order valence-corrected chi connectivity index (χ4v) is 7.34. The van der Waals surface area contributed by atoms with Gasteiger partial charge < -0.3 is 64.2 Å². The summed E-state index contributed by atoms with van der Waals surface area (Å²) in [6.07, 6.45) is 11.7. The van der Waals surface area contributed by atoms with Crippen molar-refractivity contribution in [1.29, 1.82) is 0 Å². The molecule has 7 N–H and O–H groups in total. The van der Waals surface area contributed by atoms with Crippen LogP contribution in [0.5, 0.6) is 0 Å². The lowest BCUT2D eigenvalue weighted by atomic mass is 9.98. The van der Waals surface area contributed by atoms with Crippen molar-refractivity contribution in [1.82, 2.24) is 0 Å². The summed E-state index contributed by atoms with van der Waals surface area (Å²) in [5.74, 6) is -0.375. The van der Waals surface area contributed by atoms with Crippen molar-refractivity contribution in [3.05, 3.63) is 0 Å². The van der Waals surface area contributed by atoms with Gasteiger partial charge in [0.1, 0.15) is 54.9 Å². The molecule has 2 aliphatic rings. The molecular formula is C43H82O14. The fraction of sp³-hybridized carbons (Fsp3) is 0.977. The van der Waals surface area contributed by atoms with Gasteiger partial charge in [0.2, 0.25) is 0 Å². The van der Waals surface area contributed by atoms with Crippen LogP contribution in [-0.2, 0) is 33.2 Å². The molecule has 2 rings (SSSR count). The summed E-state index contributed by atoms with van der Waals surface area (Å²) in [6.45, 7) is 3.68. The van der Waals surface area contributed by atoms with E-state index in [1.165, 1.54) is 103 Å². The molecule has 0 aromatic heterocycles. The Labute approximate surface area is 342 Å². The zero-order valence-corrected chi connectivity index (χ0v) is 35.3. The fourth-order valence-electron chi connectivity index (χ4n) is 7.34. The second-order valence-corrected chi connectivity index (χ2v) is 16.2. The van der Waals surface area contributed by atoms with E-state index < -0.39 is 80.7 Å². The molecule has 2 saturated heterocycles. The van der Waals surface area contributed by atoms with E-state index in [-0.39, 0.29) is 25.6 Å². The summed E-state index contributed by atoms with van der Waals surface area (Å²) in [7, 11) is 0. The minimum absolute atomic E-state index is 0.0691. The first-order chi connectivity index (χ1) is 27.6. The number of unbranched alkanes of at least 4 members (excludes halogenated alkanes) is 21. The molecule has 338 valence electrons. The Hall–Kier alpha value is -1.01. The Morgan fingerprint density at radius 2 is 0.930 bits per heavy atom. The van der Waals surface area contributed by atoms with Crippen LogP contribution in [0.2, 0.25) is 0 Å². The van der Waals surface area contributed by atoms with Gasteiger partial charge in [-0.15, -0.1) is 0 Å². The average Bonchev–Trinajstić information content (AvgIpc) is 3.20. The van der Waals surface area contributed by atoms with Crippen molar-refractivity contribution in [2.45, 2.75) is 235 Å². The number of hydrogen-bond donors (Lipinski definition) is 7. The Kier molecular flexibility index (Phi) is 29.9. The van der Waals surface area contributed by atoms with Crippen LogP contribution in [0.15, 0.2) is 0 Å². The van der Waals surface area contributed by atoms with Gasteiger partial charge in [-0.2, -0.15) is 0 Å². The van der Waals surface area contributed by atoms with E-state index in [0.717, 1.165) is 38.5 Å². The van der Waals surface area contributed by atoms with Crippen molar-refractivity contribution in [3.63, 3.8) is 0 Å². The first-order valence-corrected chi connectivity index (χ1v) is 22.6. The lowest BCUT2D eigenvalue weighted by molar-refractivity contribution is -0.332. The molecule has 0 radical (unpaired) electrons. The van der Waals surface area contributed by atoms with Crippen LogP contribution in [-0.4, -0.2) is 142 Å². The molecule has 14 nitrogen and oxygen atoms in total. The van der Waals surface area contributed by atoms with E-state index in [1.54, 1.807) is 0 Å². The predicted octanol–water partition coefficient (Wildman–Crippen LogP) is 4.96. The van der Waals surface area contributed by atoms with Crippen molar-refractivity contribution >= 4 is 5.97 Å². The molecule has 11 unspecified atom stereocenters. The molecule has 2 aliphatic heterocycles. The summed E-state index contributed by atoms with van der Waals surface area (Å²) in [5.41, 5.74) is 0. The van der Waals surface area contributed by atoms with Crippen molar-refractivity contribution in [2.24, 2.45) is 0 Å². The van der Waals surface area contributed by atoms with Crippen molar-refractivity contribution in [2.75, 3.05) is 33.0 Å². The molecule has 14 heteroatoms. The highest BCUT2D eigenvalue weighted by atomic mass is 16.7. The second-order valence-electron chi connectivity index (χ2n) is 16.2. The van der Waals surface area contributed by atoms with Crippen molar-refractivity contribution < 1.29 is 69.0 Å². The molecule has 2 heterocycles. The SMILES string of the molecule is CCCCCCCCCCCCCCOCC(COC1OC(COC2OC(CO)C(O)C(O)C2O)C(O)C(O)C1O)OC(=O)CCCCCCCCCCCCC. The molecular weight excluding hydrogens is 740 g/mol. The van der Waals surface area contributed by atoms with Crippen LogP contribution in [0.25, 0.3) is 0 Å². The number of carbonyl (C=O) groups is 1. The maximum Gasteiger partial charge on any atom is 0.306 e.